The van der Waals surface area contributed by atoms with E-state index >= 15 is 0 Å². The number of likely N-dealkylation sites (tertiary alicyclic amines) is 1. The average Bonchev–Trinajstić information content (AvgIpc) is 2.70. The van der Waals surface area contributed by atoms with E-state index in [1.165, 1.54) is 0 Å². The van der Waals surface area contributed by atoms with Crippen molar-refractivity contribution in [2.75, 3.05) is 6.54 Å². The summed E-state index contributed by atoms with van der Waals surface area (Å²) in [5.41, 5.74) is -0.422. The zero-order valence-electron chi connectivity index (χ0n) is 16.0. The predicted octanol–water partition coefficient (Wildman–Crippen LogP) is 3.66. The molecule has 1 aliphatic heterocycles. The van der Waals surface area contributed by atoms with Gasteiger partial charge in [0.2, 0.25) is 5.91 Å². The third kappa shape index (κ3) is 4.62. The van der Waals surface area contributed by atoms with Crippen molar-refractivity contribution in [1.82, 2.24) is 15.2 Å². The third-order valence-corrected chi connectivity index (χ3v) is 5.14. The number of piperidine rings is 1. The summed E-state index contributed by atoms with van der Waals surface area (Å²) in [5, 5.41) is 3.64. The Hall–Kier alpha value is -2.60. The number of nitrogens with zero attached hydrogens (tertiary/aromatic N) is 2. The van der Waals surface area contributed by atoms with E-state index in [9.17, 15) is 9.59 Å². The fourth-order valence-electron chi connectivity index (χ4n) is 3.46. The summed E-state index contributed by atoms with van der Waals surface area (Å²) >= 11 is 5.97. The van der Waals surface area contributed by atoms with E-state index in [1.54, 1.807) is 53.7 Å². The first-order chi connectivity index (χ1) is 13.4. The number of hydrogen-bond donors (Lipinski definition) is 1. The second-order valence-electron chi connectivity index (χ2n) is 7.04. The molecule has 1 aliphatic rings. The van der Waals surface area contributed by atoms with E-state index in [2.05, 4.69) is 10.3 Å². The van der Waals surface area contributed by atoms with Gasteiger partial charge in [0, 0.05) is 42.8 Å². The Morgan fingerprint density at radius 3 is 2.71 bits per heavy atom. The molecule has 1 N–H and O–H groups in total. The van der Waals surface area contributed by atoms with E-state index < -0.39 is 5.72 Å². The van der Waals surface area contributed by atoms with Gasteiger partial charge in [0.15, 0.2) is 5.72 Å². The van der Waals surface area contributed by atoms with Crippen LogP contribution in [-0.2, 0) is 4.79 Å². The van der Waals surface area contributed by atoms with Gasteiger partial charge in [-0.3, -0.25) is 14.6 Å². The number of carbonyl (C=O) groups is 2. The third-order valence-electron chi connectivity index (χ3n) is 4.89. The highest BCUT2D eigenvalue weighted by Gasteiger charge is 2.44. The largest absolute Gasteiger partial charge is 0.468 e. The molecule has 1 fully saturated rings. The second kappa shape index (κ2) is 8.61. The average molecular weight is 402 g/mol. The van der Waals surface area contributed by atoms with Crippen LogP contribution in [0.1, 0.15) is 43.5 Å². The molecule has 7 heteroatoms. The van der Waals surface area contributed by atoms with Crippen LogP contribution in [0.5, 0.6) is 5.75 Å². The molecule has 2 atom stereocenters. The number of amides is 2. The summed E-state index contributed by atoms with van der Waals surface area (Å²) < 4.78 is 6.27. The van der Waals surface area contributed by atoms with E-state index in [0.717, 1.165) is 0 Å². The molecule has 0 spiro atoms. The topological polar surface area (TPSA) is 71.5 Å². The van der Waals surface area contributed by atoms with Crippen LogP contribution in [0.25, 0.3) is 0 Å². The number of rotatable bonds is 5. The van der Waals surface area contributed by atoms with Gasteiger partial charge >= 0.3 is 0 Å². The van der Waals surface area contributed by atoms with Crippen LogP contribution in [0.15, 0.2) is 48.8 Å². The Labute approximate surface area is 169 Å². The minimum atomic E-state index is -0.926. The number of carbonyl (C=O) groups excluding carboxylic acids is 2. The van der Waals surface area contributed by atoms with Crippen LogP contribution in [0, 0.1) is 0 Å². The SMILES string of the molecule is CCC(=O)NC1CCN(C(=O)c2cccnc2)C(C)(Oc2ccc(Cl)cc2)C1. The first kappa shape index (κ1) is 20.1. The van der Waals surface area contributed by atoms with Crippen molar-refractivity contribution in [1.29, 1.82) is 0 Å². The lowest BCUT2D eigenvalue weighted by Crippen LogP contribution is -2.61. The molecule has 0 saturated carbocycles. The number of nitrogens with one attached hydrogen (secondary N) is 1. The highest BCUT2D eigenvalue weighted by molar-refractivity contribution is 6.30. The van der Waals surface area contributed by atoms with Crippen LogP contribution in [0.2, 0.25) is 5.02 Å². The molecule has 2 heterocycles. The minimum absolute atomic E-state index is 0.00845. The van der Waals surface area contributed by atoms with Crippen molar-refractivity contribution in [2.24, 2.45) is 0 Å². The molecule has 28 heavy (non-hydrogen) atoms. The summed E-state index contributed by atoms with van der Waals surface area (Å²) in [5.74, 6) is 0.453. The highest BCUT2D eigenvalue weighted by atomic mass is 35.5. The molecular weight excluding hydrogens is 378 g/mol. The zero-order chi connectivity index (χ0) is 20.1. The number of pyridine rings is 1. The quantitative estimate of drug-likeness (QED) is 0.829. The van der Waals surface area contributed by atoms with Gasteiger partial charge < -0.3 is 15.0 Å². The smallest absolute Gasteiger partial charge is 0.258 e. The van der Waals surface area contributed by atoms with Crippen LogP contribution in [0.3, 0.4) is 0 Å². The number of hydrogen-bond acceptors (Lipinski definition) is 4. The second-order valence-corrected chi connectivity index (χ2v) is 7.48. The highest BCUT2D eigenvalue weighted by Crippen LogP contribution is 2.33. The van der Waals surface area contributed by atoms with E-state index in [4.69, 9.17) is 16.3 Å². The van der Waals surface area contributed by atoms with Gasteiger partial charge in [-0.15, -0.1) is 0 Å². The van der Waals surface area contributed by atoms with Gasteiger partial charge in [0.05, 0.1) is 5.56 Å². The molecule has 148 valence electrons. The Balaban J connectivity index is 1.87. The fourth-order valence-corrected chi connectivity index (χ4v) is 3.58. The lowest BCUT2D eigenvalue weighted by atomic mass is 9.93. The van der Waals surface area contributed by atoms with Crippen molar-refractivity contribution in [3.63, 3.8) is 0 Å². The lowest BCUT2D eigenvalue weighted by Gasteiger charge is -2.47. The lowest BCUT2D eigenvalue weighted by molar-refractivity contribution is -0.124. The maximum absolute atomic E-state index is 13.1. The molecule has 6 nitrogen and oxygen atoms in total. The Bertz CT molecular complexity index is 829. The number of ether oxygens (including phenoxy) is 1. The zero-order valence-corrected chi connectivity index (χ0v) is 16.8. The first-order valence-corrected chi connectivity index (χ1v) is 9.75. The van der Waals surface area contributed by atoms with Crippen molar-refractivity contribution in [2.45, 2.75) is 44.9 Å². The van der Waals surface area contributed by atoms with Crippen LogP contribution >= 0.6 is 11.6 Å². The number of aromatic nitrogens is 1. The molecule has 2 amide bonds. The number of benzene rings is 1. The summed E-state index contributed by atoms with van der Waals surface area (Å²) in [7, 11) is 0. The van der Waals surface area contributed by atoms with Crippen molar-refractivity contribution in [3.8, 4) is 5.75 Å². The Morgan fingerprint density at radius 2 is 2.07 bits per heavy atom. The summed E-state index contributed by atoms with van der Waals surface area (Å²) in [6.45, 7) is 4.16. The Kier molecular flexibility index (Phi) is 6.19. The molecule has 2 aromatic rings. The standard InChI is InChI=1S/C21H24ClN3O3/c1-3-19(26)24-17-10-12-25(20(27)15-5-4-11-23-14-15)21(2,13-17)28-18-8-6-16(22)7-9-18/h4-9,11,14,17H,3,10,12-13H2,1-2H3,(H,24,26). The van der Waals surface area contributed by atoms with Crippen LogP contribution in [0.4, 0.5) is 0 Å². The van der Waals surface area contributed by atoms with E-state index in [-0.39, 0.29) is 17.9 Å². The molecule has 2 unspecified atom stereocenters. The molecule has 0 aliphatic carbocycles. The van der Waals surface area contributed by atoms with Crippen LogP contribution < -0.4 is 10.1 Å². The van der Waals surface area contributed by atoms with Gasteiger partial charge in [-0.25, -0.2) is 0 Å². The molecule has 1 aromatic heterocycles. The van der Waals surface area contributed by atoms with Gasteiger partial charge in [0.1, 0.15) is 5.75 Å². The van der Waals surface area contributed by atoms with Gasteiger partial charge in [-0.1, -0.05) is 18.5 Å². The van der Waals surface area contributed by atoms with Crippen molar-refractivity contribution >= 4 is 23.4 Å². The first-order valence-electron chi connectivity index (χ1n) is 9.37. The predicted molar refractivity (Wildman–Crippen MR) is 107 cm³/mol. The number of halogens is 1. The molecule has 0 bridgehead atoms. The minimum Gasteiger partial charge on any atom is -0.468 e. The van der Waals surface area contributed by atoms with Crippen molar-refractivity contribution in [3.05, 3.63) is 59.4 Å². The normalized spacial score (nSPS) is 21.8. The maximum atomic E-state index is 13.1. The van der Waals surface area contributed by atoms with Gasteiger partial charge in [0.25, 0.3) is 5.91 Å². The fraction of sp³-hybridized carbons (Fsp3) is 0.381. The molecule has 1 aromatic carbocycles. The monoisotopic (exact) mass is 401 g/mol. The van der Waals surface area contributed by atoms with Crippen molar-refractivity contribution < 1.29 is 14.3 Å². The molecule has 0 radical (unpaired) electrons. The molecule has 1 saturated heterocycles. The van der Waals surface area contributed by atoms with Gasteiger partial charge in [-0.2, -0.15) is 0 Å². The van der Waals surface area contributed by atoms with Crippen LogP contribution in [-0.4, -0.2) is 40.0 Å². The van der Waals surface area contributed by atoms with E-state index in [0.29, 0.717) is 42.1 Å². The maximum Gasteiger partial charge on any atom is 0.258 e. The summed E-state index contributed by atoms with van der Waals surface area (Å²) in [6, 6.07) is 10.4. The van der Waals surface area contributed by atoms with Gasteiger partial charge in [-0.05, 0) is 49.7 Å². The Morgan fingerprint density at radius 1 is 1.32 bits per heavy atom. The molecule has 3 rings (SSSR count). The molecular formula is C21H24ClN3O3. The summed E-state index contributed by atoms with van der Waals surface area (Å²) in [4.78, 5) is 30.8. The summed E-state index contributed by atoms with van der Waals surface area (Å²) in [6.07, 6.45) is 4.75. The van der Waals surface area contributed by atoms with E-state index in [1.807, 2.05) is 13.8 Å².